The molecular formula is C28H31Cl2FN5O2S+. The van der Waals surface area contributed by atoms with Crippen molar-refractivity contribution in [2.45, 2.75) is 45.6 Å². The van der Waals surface area contributed by atoms with Crippen LogP contribution in [0, 0.1) is 23.1 Å². The molecule has 2 aliphatic heterocycles. The zero-order valence-electron chi connectivity index (χ0n) is 21.9. The van der Waals surface area contributed by atoms with E-state index < -0.39 is 11.4 Å². The van der Waals surface area contributed by atoms with Crippen molar-refractivity contribution < 1.29 is 18.9 Å². The lowest BCUT2D eigenvalue weighted by molar-refractivity contribution is -0.552. The molecule has 2 N–H and O–H groups in total. The van der Waals surface area contributed by atoms with E-state index in [4.69, 9.17) is 28.2 Å². The summed E-state index contributed by atoms with van der Waals surface area (Å²) in [5.74, 6) is 0.147. The van der Waals surface area contributed by atoms with E-state index in [9.17, 15) is 14.3 Å². The fourth-order valence-corrected chi connectivity index (χ4v) is 7.75. The molecule has 39 heavy (non-hydrogen) atoms. The normalized spacial score (nSPS) is 24.4. The maximum Gasteiger partial charge on any atom is 0.310 e. The van der Waals surface area contributed by atoms with E-state index in [1.54, 1.807) is 12.1 Å². The zero-order valence-corrected chi connectivity index (χ0v) is 24.2. The predicted molar refractivity (Wildman–Crippen MR) is 154 cm³/mol. The van der Waals surface area contributed by atoms with Crippen LogP contribution in [0.5, 0.6) is 0 Å². The van der Waals surface area contributed by atoms with Gasteiger partial charge in [-0.3, -0.25) is 9.78 Å². The Labute approximate surface area is 240 Å². The number of hydrogen-bond donors (Lipinski definition) is 2. The Morgan fingerprint density at radius 1 is 1.31 bits per heavy atom. The molecule has 2 atom stereocenters. The molecule has 4 heterocycles. The number of halogens is 3. The van der Waals surface area contributed by atoms with Gasteiger partial charge in [0, 0.05) is 50.4 Å². The van der Waals surface area contributed by atoms with Gasteiger partial charge in [0.15, 0.2) is 10.8 Å². The van der Waals surface area contributed by atoms with Crippen LogP contribution in [0.3, 0.4) is 0 Å². The Morgan fingerprint density at radius 3 is 2.79 bits per heavy atom. The van der Waals surface area contributed by atoms with Gasteiger partial charge in [-0.15, -0.1) is 0 Å². The molecule has 1 unspecified atom stereocenters. The van der Waals surface area contributed by atoms with Gasteiger partial charge in [-0.05, 0) is 38.5 Å². The van der Waals surface area contributed by atoms with Crippen LogP contribution in [0.4, 0.5) is 15.2 Å². The lowest BCUT2D eigenvalue weighted by Crippen LogP contribution is -2.54. The summed E-state index contributed by atoms with van der Waals surface area (Å²) in [4.78, 5) is 22.9. The number of carbonyl (C=O) groups is 1. The summed E-state index contributed by atoms with van der Waals surface area (Å²) in [6, 6.07) is 4.48. The summed E-state index contributed by atoms with van der Waals surface area (Å²) < 4.78 is 18.2. The Hall–Kier alpha value is -2.49. The van der Waals surface area contributed by atoms with Crippen molar-refractivity contribution >= 4 is 67.3 Å². The molecule has 0 bridgehead atoms. The summed E-state index contributed by atoms with van der Waals surface area (Å²) in [5, 5.41) is 14.5. The monoisotopic (exact) mass is 590 g/mol. The minimum absolute atomic E-state index is 0.329. The number of nitrogens with zero attached hydrogens (tertiary/aromatic N) is 4. The van der Waals surface area contributed by atoms with Gasteiger partial charge in [-0.2, -0.15) is 0 Å². The topological polar surface area (TPSA) is 81.4 Å². The van der Waals surface area contributed by atoms with Gasteiger partial charge in [0.25, 0.3) is 0 Å². The van der Waals surface area contributed by atoms with Crippen molar-refractivity contribution in [3.8, 4) is 0 Å². The van der Waals surface area contributed by atoms with Crippen LogP contribution in [0.15, 0.2) is 24.4 Å². The van der Waals surface area contributed by atoms with Crippen molar-refractivity contribution in [1.29, 1.82) is 0 Å². The minimum atomic E-state index is -0.691. The van der Waals surface area contributed by atoms with Crippen LogP contribution in [0.25, 0.3) is 10.2 Å². The summed E-state index contributed by atoms with van der Waals surface area (Å²) in [6.07, 6.45) is 5.23. The molecule has 7 nitrogen and oxygen atoms in total. The highest BCUT2D eigenvalue weighted by atomic mass is 35.5. The van der Waals surface area contributed by atoms with Crippen LogP contribution in [-0.4, -0.2) is 57.5 Å². The standard InChI is InChI=1S/C28H30Cl2FN5O2S/c1-15(23-20(30)8-18(29)11-32-23)33-24-21(31)5-6-22-25(24)39-27(34-22)36-13-17(14-36)16-4-3-7-35(12-16)19-9-28(2,10-19)26(37)38/h5-6,8,11,15-17,33H,3-4,7,9-10,12-14H2,1-2H3/p+1/t15?,16-,28?/m0/s1. The average molecular weight is 592 g/mol. The smallest absolute Gasteiger partial charge is 0.310 e. The second-order valence-corrected chi connectivity index (χ2v) is 13.3. The Bertz CT molecular complexity index is 1480. The molecule has 3 fully saturated rings. The number of pyridine rings is 1. The number of hydrogen-bond acceptors (Lipinski definition) is 6. The summed E-state index contributed by atoms with van der Waals surface area (Å²) >= 11 is 13.8. The number of thiazole rings is 1. The van der Waals surface area contributed by atoms with Crippen LogP contribution in [0.1, 0.15) is 51.3 Å². The number of fused-ring (bicyclic) bond motifs is 1. The molecule has 1 aromatic carbocycles. The molecule has 206 valence electrons. The molecule has 0 amide bonds. The molecule has 2 saturated heterocycles. The number of aliphatic carboxylic acids is 1. The third-order valence-corrected chi connectivity index (χ3v) is 10.2. The van der Waals surface area contributed by atoms with Crippen LogP contribution < -0.4 is 10.2 Å². The van der Waals surface area contributed by atoms with Crippen molar-refractivity contribution in [2.75, 3.05) is 36.4 Å². The molecule has 6 rings (SSSR count). The highest BCUT2D eigenvalue weighted by molar-refractivity contribution is 7.22. The minimum Gasteiger partial charge on any atom is -0.481 e. The van der Waals surface area contributed by atoms with Gasteiger partial charge < -0.3 is 15.3 Å². The van der Waals surface area contributed by atoms with Crippen LogP contribution >= 0.6 is 34.5 Å². The first-order chi connectivity index (χ1) is 18.6. The van der Waals surface area contributed by atoms with Crippen molar-refractivity contribution in [3.05, 3.63) is 46.0 Å². The molecule has 3 aliphatic rings. The number of anilines is 2. The van der Waals surface area contributed by atoms with E-state index in [0.717, 1.165) is 47.9 Å². The Morgan fingerprint density at radius 2 is 2.08 bits per heavy atom. The lowest BCUT2D eigenvalue weighted by Gasteiger charge is -2.44. The SMILES string of the molecule is CC(Nc1c(F)ccc2nc(N3CC([C@H]4CCC[N+](=C5CC(C)(C(=O)O)C5)C4)C3)sc12)c1ncc(Cl)cc1Cl. The molecule has 2 aromatic heterocycles. The van der Waals surface area contributed by atoms with Gasteiger partial charge in [-0.1, -0.05) is 34.5 Å². The third-order valence-electron chi connectivity index (χ3n) is 8.56. The van der Waals surface area contributed by atoms with E-state index in [0.29, 0.717) is 46.1 Å². The molecule has 3 aromatic rings. The number of piperidine rings is 1. The van der Waals surface area contributed by atoms with E-state index in [1.165, 1.54) is 35.7 Å². The van der Waals surface area contributed by atoms with Gasteiger partial charge in [0.05, 0.1) is 43.1 Å². The highest BCUT2D eigenvalue weighted by Crippen LogP contribution is 2.42. The molecular weight excluding hydrogens is 560 g/mol. The van der Waals surface area contributed by atoms with Crippen LogP contribution in [-0.2, 0) is 4.79 Å². The molecule has 1 aliphatic carbocycles. The molecule has 11 heteroatoms. The summed E-state index contributed by atoms with van der Waals surface area (Å²) in [6.45, 7) is 7.66. The molecule has 1 saturated carbocycles. The van der Waals surface area contributed by atoms with Crippen LogP contribution in [0.2, 0.25) is 10.0 Å². The van der Waals surface area contributed by atoms with Crippen molar-refractivity contribution in [3.63, 3.8) is 0 Å². The maximum atomic E-state index is 15.0. The summed E-state index contributed by atoms with van der Waals surface area (Å²) in [5.41, 5.74) is 2.48. The highest BCUT2D eigenvalue weighted by Gasteiger charge is 2.50. The van der Waals surface area contributed by atoms with E-state index in [1.807, 2.05) is 13.8 Å². The van der Waals surface area contributed by atoms with E-state index in [-0.39, 0.29) is 11.9 Å². The second kappa shape index (κ2) is 10.2. The number of nitrogens with one attached hydrogen (secondary N) is 1. The van der Waals surface area contributed by atoms with Gasteiger partial charge in [0.1, 0.15) is 18.9 Å². The zero-order chi connectivity index (χ0) is 27.5. The van der Waals surface area contributed by atoms with Gasteiger partial charge in [-0.25, -0.2) is 13.9 Å². The van der Waals surface area contributed by atoms with Crippen molar-refractivity contribution in [2.24, 2.45) is 17.3 Å². The first-order valence-electron chi connectivity index (χ1n) is 13.4. The Balaban J connectivity index is 1.13. The number of carboxylic acid groups (broad SMARTS) is 1. The van der Waals surface area contributed by atoms with Gasteiger partial charge in [0.2, 0.25) is 0 Å². The lowest BCUT2D eigenvalue weighted by atomic mass is 9.68. The van der Waals surface area contributed by atoms with Gasteiger partial charge >= 0.3 is 5.97 Å². The largest absolute Gasteiger partial charge is 0.481 e. The number of carboxylic acids is 1. The quantitative estimate of drug-likeness (QED) is 0.319. The van der Waals surface area contributed by atoms with E-state index >= 15 is 0 Å². The van der Waals surface area contributed by atoms with E-state index in [2.05, 4.69) is 19.8 Å². The third kappa shape index (κ3) is 4.98. The first-order valence-corrected chi connectivity index (χ1v) is 14.9. The predicted octanol–water partition coefficient (Wildman–Crippen LogP) is 6.49. The fraction of sp³-hybridized carbons (Fsp3) is 0.500. The molecule has 0 radical (unpaired) electrons. The first kappa shape index (κ1) is 26.7. The summed E-state index contributed by atoms with van der Waals surface area (Å²) in [7, 11) is 0. The number of aromatic nitrogens is 2. The average Bonchev–Trinajstić information content (AvgIpc) is 3.27. The maximum absolute atomic E-state index is 15.0. The fourth-order valence-electron chi connectivity index (χ4n) is 6.13. The molecule has 0 spiro atoms. The van der Waals surface area contributed by atoms with Crippen molar-refractivity contribution in [1.82, 2.24) is 9.97 Å². The second-order valence-electron chi connectivity index (χ2n) is 11.5. The number of benzene rings is 1. The Kier molecular flexibility index (Phi) is 6.96. The number of rotatable bonds is 6.